The minimum atomic E-state index is -0.458. The molecule has 0 aliphatic carbocycles. The summed E-state index contributed by atoms with van der Waals surface area (Å²) >= 11 is 7.42. The highest BCUT2D eigenvalue weighted by atomic mass is 35.5. The van der Waals surface area contributed by atoms with Crippen LogP contribution in [0.5, 0.6) is 0 Å². The van der Waals surface area contributed by atoms with Gasteiger partial charge in [0.15, 0.2) is 5.13 Å². The molecule has 0 saturated heterocycles. The van der Waals surface area contributed by atoms with Crippen LogP contribution in [0.15, 0.2) is 24.3 Å². The summed E-state index contributed by atoms with van der Waals surface area (Å²) in [6, 6.07) is 8.46. The molecule has 0 radical (unpaired) electrons. The van der Waals surface area contributed by atoms with Crippen molar-refractivity contribution >= 4 is 50.1 Å². The second-order valence-electron chi connectivity index (χ2n) is 5.14. The molecule has 1 aromatic carbocycles. The zero-order valence-corrected chi connectivity index (χ0v) is 14.4. The first-order chi connectivity index (χ1) is 11.5. The van der Waals surface area contributed by atoms with Gasteiger partial charge < -0.3 is 5.32 Å². The van der Waals surface area contributed by atoms with Gasteiger partial charge in [-0.05, 0) is 43.7 Å². The number of rotatable bonds is 2. The van der Waals surface area contributed by atoms with E-state index in [2.05, 4.69) is 20.6 Å². The van der Waals surface area contributed by atoms with Crippen molar-refractivity contribution in [3.63, 3.8) is 0 Å². The Bertz CT molecular complexity index is 969. The van der Waals surface area contributed by atoms with E-state index >= 15 is 0 Å². The van der Waals surface area contributed by atoms with E-state index in [0.717, 1.165) is 16.0 Å². The molecule has 120 valence electrons. The predicted octanol–water partition coefficient (Wildman–Crippen LogP) is 4.48. The molecular weight excluding hydrogens is 346 g/mol. The van der Waals surface area contributed by atoms with Crippen LogP contribution in [0, 0.1) is 25.2 Å². The lowest BCUT2D eigenvalue weighted by molar-refractivity contribution is 0.262. The minimum absolute atomic E-state index is 0.309. The van der Waals surface area contributed by atoms with E-state index in [1.54, 1.807) is 13.0 Å². The molecule has 8 heteroatoms. The number of aryl methyl sites for hydroxylation is 2. The molecule has 2 N–H and O–H groups in total. The smallest absolute Gasteiger partial charge is 0.306 e. The highest BCUT2D eigenvalue weighted by Gasteiger charge is 2.13. The van der Waals surface area contributed by atoms with Gasteiger partial charge in [-0.2, -0.15) is 5.26 Å². The third-order valence-corrected chi connectivity index (χ3v) is 4.45. The van der Waals surface area contributed by atoms with Gasteiger partial charge >= 0.3 is 6.03 Å². The zero-order chi connectivity index (χ0) is 17.3. The van der Waals surface area contributed by atoms with Crippen molar-refractivity contribution in [3.8, 4) is 6.07 Å². The maximum atomic E-state index is 12.2. The van der Waals surface area contributed by atoms with Gasteiger partial charge in [0.05, 0.1) is 22.3 Å². The van der Waals surface area contributed by atoms with Gasteiger partial charge in [0.1, 0.15) is 10.3 Å². The Hall–Kier alpha value is -2.69. The number of pyridine rings is 1. The van der Waals surface area contributed by atoms with Gasteiger partial charge in [-0.1, -0.05) is 22.9 Å². The second-order valence-corrected chi connectivity index (χ2v) is 6.52. The lowest BCUT2D eigenvalue weighted by Crippen LogP contribution is -2.20. The first kappa shape index (κ1) is 16.2. The van der Waals surface area contributed by atoms with Crippen LogP contribution in [0.4, 0.5) is 15.6 Å². The van der Waals surface area contributed by atoms with Crippen molar-refractivity contribution in [1.29, 1.82) is 5.26 Å². The summed E-state index contributed by atoms with van der Waals surface area (Å²) in [4.78, 5) is 21.6. The number of hydrogen-bond acceptors (Lipinski definition) is 5. The van der Waals surface area contributed by atoms with Crippen molar-refractivity contribution in [3.05, 3.63) is 46.1 Å². The fourth-order valence-electron chi connectivity index (χ4n) is 2.17. The Morgan fingerprint density at radius 2 is 2.04 bits per heavy atom. The van der Waals surface area contributed by atoms with Crippen LogP contribution in [0.3, 0.4) is 0 Å². The highest BCUT2D eigenvalue weighted by molar-refractivity contribution is 7.21. The molecule has 24 heavy (non-hydrogen) atoms. The molecule has 2 heterocycles. The number of hydrogen-bond donors (Lipinski definition) is 2. The molecule has 0 aliphatic heterocycles. The number of anilines is 2. The molecule has 0 aliphatic rings. The summed E-state index contributed by atoms with van der Waals surface area (Å²) in [5.41, 5.74) is 3.23. The molecule has 0 unspecified atom stereocenters. The molecule has 0 fully saturated rings. The zero-order valence-electron chi connectivity index (χ0n) is 12.8. The first-order valence-corrected chi connectivity index (χ1v) is 8.18. The molecule has 0 spiro atoms. The Morgan fingerprint density at radius 1 is 1.25 bits per heavy atom. The van der Waals surface area contributed by atoms with Crippen LogP contribution in [0.25, 0.3) is 10.3 Å². The number of nitrogens with zero attached hydrogens (tertiary/aromatic N) is 3. The Kier molecular flexibility index (Phi) is 4.34. The van der Waals surface area contributed by atoms with Crippen molar-refractivity contribution in [2.24, 2.45) is 0 Å². The number of halogens is 1. The number of nitriles is 1. The molecule has 6 nitrogen and oxygen atoms in total. The fourth-order valence-corrected chi connectivity index (χ4v) is 3.36. The molecule has 3 rings (SSSR count). The van der Waals surface area contributed by atoms with Crippen LogP contribution < -0.4 is 10.6 Å². The maximum Gasteiger partial charge on any atom is 0.325 e. The molecule has 2 aromatic heterocycles. The summed E-state index contributed by atoms with van der Waals surface area (Å²) in [6.45, 7) is 3.67. The molecule has 3 aromatic rings. The predicted molar refractivity (Wildman–Crippen MR) is 95.7 cm³/mol. The summed E-state index contributed by atoms with van der Waals surface area (Å²) in [5.74, 6) is 0. The van der Waals surface area contributed by atoms with Gasteiger partial charge in [-0.15, -0.1) is 0 Å². The van der Waals surface area contributed by atoms with E-state index < -0.39 is 6.03 Å². The number of carbonyl (C=O) groups excluding carboxylic acids is 1. The number of amides is 2. The lowest BCUT2D eigenvalue weighted by Gasteiger charge is -2.10. The lowest BCUT2D eigenvalue weighted by atomic mass is 10.1. The summed E-state index contributed by atoms with van der Waals surface area (Å²) in [6.07, 6.45) is 0. The largest absolute Gasteiger partial charge is 0.325 e. The fraction of sp³-hybridized carbons (Fsp3) is 0.125. The van der Waals surface area contributed by atoms with E-state index in [9.17, 15) is 4.79 Å². The Morgan fingerprint density at radius 3 is 2.75 bits per heavy atom. The molecule has 0 bridgehead atoms. The standard InChI is InChI=1S/C16H12ClN5OS/c1-8-5-10(7-18)6-11(17)13(8)21-15(23)22-16-20-12-4-3-9(2)19-14(12)24-16/h3-6H,1-2H3,(H2,20,21,22,23). The number of thiazole rings is 1. The number of carbonyl (C=O) groups is 1. The third-order valence-electron chi connectivity index (χ3n) is 3.27. The Labute approximate surface area is 147 Å². The average molecular weight is 358 g/mol. The van der Waals surface area contributed by atoms with Crippen LogP contribution >= 0.6 is 22.9 Å². The molecular formula is C16H12ClN5OS. The molecule has 2 amide bonds. The summed E-state index contributed by atoms with van der Waals surface area (Å²) < 4.78 is 0. The quantitative estimate of drug-likeness (QED) is 0.707. The number of aromatic nitrogens is 2. The molecule has 0 saturated carbocycles. The minimum Gasteiger partial charge on any atom is -0.306 e. The maximum absolute atomic E-state index is 12.2. The SMILES string of the molecule is Cc1ccc2nc(NC(=O)Nc3c(C)cc(C#N)cc3Cl)sc2n1. The summed E-state index contributed by atoms with van der Waals surface area (Å²) in [7, 11) is 0. The summed E-state index contributed by atoms with van der Waals surface area (Å²) in [5, 5.41) is 15.0. The van der Waals surface area contributed by atoms with Gasteiger partial charge in [0.2, 0.25) is 0 Å². The number of nitrogens with one attached hydrogen (secondary N) is 2. The van der Waals surface area contributed by atoms with Gasteiger partial charge in [0.25, 0.3) is 0 Å². The topological polar surface area (TPSA) is 90.7 Å². The highest BCUT2D eigenvalue weighted by Crippen LogP contribution is 2.28. The van der Waals surface area contributed by atoms with Crippen molar-refractivity contribution in [2.45, 2.75) is 13.8 Å². The van der Waals surface area contributed by atoms with Crippen LogP contribution in [0.2, 0.25) is 5.02 Å². The van der Waals surface area contributed by atoms with Crippen LogP contribution in [-0.2, 0) is 0 Å². The second kappa shape index (κ2) is 6.43. The number of fused-ring (bicyclic) bond motifs is 1. The van der Waals surface area contributed by atoms with Crippen LogP contribution in [0.1, 0.15) is 16.8 Å². The van der Waals surface area contributed by atoms with Gasteiger partial charge in [0, 0.05) is 5.69 Å². The number of benzene rings is 1. The van der Waals surface area contributed by atoms with E-state index in [0.29, 0.717) is 27.0 Å². The monoisotopic (exact) mass is 357 g/mol. The average Bonchev–Trinajstić information content (AvgIpc) is 2.91. The van der Waals surface area contributed by atoms with E-state index in [1.807, 2.05) is 25.1 Å². The van der Waals surface area contributed by atoms with Crippen molar-refractivity contribution in [1.82, 2.24) is 9.97 Å². The Balaban J connectivity index is 1.79. The normalized spacial score (nSPS) is 10.4. The van der Waals surface area contributed by atoms with Gasteiger partial charge in [-0.25, -0.2) is 14.8 Å². The van der Waals surface area contributed by atoms with Crippen molar-refractivity contribution in [2.75, 3.05) is 10.6 Å². The third kappa shape index (κ3) is 3.30. The van der Waals surface area contributed by atoms with Crippen molar-refractivity contribution < 1.29 is 4.79 Å². The first-order valence-electron chi connectivity index (χ1n) is 6.98. The van der Waals surface area contributed by atoms with Crippen LogP contribution in [-0.4, -0.2) is 16.0 Å². The molecule has 0 atom stereocenters. The van der Waals surface area contributed by atoms with E-state index in [-0.39, 0.29) is 0 Å². The number of urea groups is 1. The van der Waals surface area contributed by atoms with Gasteiger partial charge in [-0.3, -0.25) is 5.32 Å². The van der Waals surface area contributed by atoms with E-state index in [1.165, 1.54) is 17.4 Å². The van der Waals surface area contributed by atoms with E-state index in [4.69, 9.17) is 16.9 Å².